The Morgan fingerprint density at radius 1 is 0.667 bits per heavy atom. The molecule has 3 aliphatic rings. The second-order valence-corrected chi connectivity index (χ2v) is 20.5. The van der Waals surface area contributed by atoms with E-state index in [4.69, 9.17) is 9.47 Å². The van der Waals surface area contributed by atoms with Gasteiger partial charge in [-0.05, 0) is 62.2 Å². The lowest BCUT2D eigenvalue weighted by molar-refractivity contribution is -0.148. The average molecular weight is 1100 g/mol. The molecule has 3 fully saturated rings. The summed E-state index contributed by atoms with van der Waals surface area (Å²) in [5.41, 5.74) is -0.0951. The summed E-state index contributed by atoms with van der Waals surface area (Å²) in [4.78, 5) is 101. The van der Waals surface area contributed by atoms with Crippen molar-refractivity contribution in [2.24, 2.45) is 5.92 Å². The number of fused-ring (bicyclic) bond motifs is 2. The molecule has 3 heterocycles. The van der Waals surface area contributed by atoms with Gasteiger partial charge in [0.2, 0.25) is 35.4 Å². The molecule has 2 aromatic rings. The number of rotatable bonds is 20. The number of hydrogen-bond donors (Lipinski definition) is 14. The lowest BCUT2D eigenvalue weighted by atomic mass is 9.96. The van der Waals surface area contributed by atoms with Crippen molar-refractivity contribution >= 4 is 41.4 Å². The number of benzene rings is 2. The van der Waals surface area contributed by atoms with Crippen molar-refractivity contribution in [3.63, 3.8) is 0 Å². The maximum Gasteiger partial charge on any atom is 0.251 e. The Morgan fingerprint density at radius 3 is 1.86 bits per heavy atom. The number of aromatic hydroxyl groups is 1. The van der Waals surface area contributed by atoms with Crippen molar-refractivity contribution in [3.8, 4) is 11.5 Å². The molecule has 78 heavy (non-hydrogen) atoms. The van der Waals surface area contributed by atoms with E-state index in [0.29, 0.717) is 19.0 Å². The first-order valence-corrected chi connectivity index (χ1v) is 26.7. The molecule has 0 aliphatic carbocycles. The van der Waals surface area contributed by atoms with Crippen molar-refractivity contribution in [2.75, 3.05) is 32.9 Å². The van der Waals surface area contributed by atoms with Crippen molar-refractivity contribution in [1.82, 2.24) is 36.4 Å². The van der Waals surface area contributed by atoms with E-state index in [0.717, 1.165) is 55.0 Å². The summed E-state index contributed by atoms with van der Waals surface area (Å²) in [6.07, 6.45) is -7.39. The highest BCUT2D eigenvalue weighted by Crippen LogP contribution is 2.28. The summed E-state index contributed by atoms with van der Waals surface area (Å²) in [7, 11) is 0. The molecular formula is C53H79N7O18. The summed E-state index contributed by atoms with van der Waals surface area (Å²) < 4.78 is 11.5. The third-order valence-corrected chi connectivity index (χ3v) is 14.2. The number of ether oxygens (including phenoxy) is 2. The maximum atomic E-state index is 14.4. The van der Waals surface area contributed by atoms with Gasteiger partial charge in [-0.15, -0.1) is 0 Å². The molecule has 0 spiro atoms. The van der Waals surface area contributed by atoms with Crippen LogP contribution in [0, 0.1) is 5.92 Å². The van der Waals surface area contributed by atoms with Crippen LogP contribution in [-0.2, 0) is 33.5 Å². The molecule has 15 atom stereocenters. The number of phenolic OH excluding ortho intramolecular Hbond substituents is 1. The molecule has 2 aromatic carbocycles. The molecule has 0 bridgehead atoms. The van der Waals surface area contributed by atoms with Crippen LogP contribution in [0.25, 0.3) is 0 Å². The van der Waals surface area contributed by atoms with Gasteiger partial charge >= 0.3 is 0 Å². The predicted octanol–water partition coefficient (Wildman–Crippen LogP) is -2.29. The van der Waals surface area contributed by atoms with Crippen LogP contribution in [0.15, 0.2) is 48.5 Å². The number of aliphatic hydroxyl groups is 8. The smallest absolute Gasteiger partial charge is 0.251 e. The van der Waals surface area contributed by atoms with E-state index < -0.39 is 152 Å². The van der Waals surface area contributed by atoms with Gasteiger partial charge in [0.15, 0.2) is 6.23 Å². The fraction of sp³-hybridized carbons (Fsp3) is 0.642. The number of phenols is 1. The fourth-order valence-corrected chi connectivity index (χ4v) is 9.63. The summed E-state index contributed by atoms with van der Waals surface area (Å²) in [5, 5.41) is 111. The Labute approximate surface area is 452 Å². The second kappa shape index (κ2) is 29.8. The standard InChI is InChI=1S/C53H79N7O18/c1-5-6-7-8-9-10-11-12-21-77-22-23-78-35-19-15-32(16-20-35)46(69)54-36-25-38(65)49(72)58-51(74)42-43(66)28(2)26-60(42)53(76)40(30(4)62)56-50(73)41(45(68)44(67)31-13-17-33(63)18-14-31)57-48(71)37-24-34(64)27-59(37)52(75)39(29(3)61)55-47(36)70/h13-20,28-30,34,36-45,49,61-68,72H,5-12,21-27H2,1-4H3,(H,54,69)(H,55,70)(H,56,73)(H,57,71)(H,58,74)/t28-,29+,30+,34+,36-,37-,38+,39-,40-,41-,42-,43-,44-,45-,49+/m0/s1. The molecule has 25 nitrogen and oxygen atoms in total. The molecule has 0 aromatic heterocycles. The molecule has 5 rings (SSSR count). The minimum atomic E-state index is -2.29. The maximum absolute atomic E-state index is 14.4. The second-order valence-electron chi connectivity index (χ2n) is 20.5. The molecule has 0 saturated carbocycles. The van der Waals surface area contributed by atoms with Crippen LogP contribution in [0.4, 0.5) is 0 Å². The third kappa shape index (κ3) is 17.0. The molecule has 0 unspecified atom stereocenters. The number of nitrogens with one attached hydrogen (secondary N) is 5. The van der Waals surface area contributed by atoms with Crippen LogP contribution in [-0.4, -0.2) is 209 Å². The molecule has 7 amide bonds. The van der Waals surface area contributed by atoms with Crippen molar-refractivity contribution < 1.29 is 89.0 Å². The van der Waals surface area contributed by atoms with Crippen molar-refractivity contribution in [3.05, 3.63) is 59.7 Å². The number of carbonyl (C=O) groups is 7. The van der Waals surface area contributed by atoms with Gasteiger partial charge in [0.1, 0.15) is 72.7 Å². The van der Waals surface area contributed by atoms with Gasteiger partial charge in [0.05, 0.1) is 31.0 Å². The summed E-state index contributed by atoms with van der Waals surface area (Å²) >= 11 is 0. The highest BCUT2D eigenvalue weighted by molar-refractivity contribution is 6.00. The number of hydrogen-bond acceptors (Lipinski definition) is 18. The van der Waals surface area contributed by atoms with E-state index in [1.54, 1.807) is 0 Å². The van der Waals surface area contributed by atoms with Crippen LogP contribution in [0.1, 0.15) is 114 Å². The Balaban J connectivity index is 1.42. The van der Waals surface area contributed by atoms with Crippen LogP contribution in [0.2, 0.25) is 0 Å². The first-order chi connectivity index (χ1) is 37.0. The molecule has 3 aliphatic heterocycles. The van der Waals surface area contributed by atoms with Gasteiger partial charge in [0.25, 0.3) is 5.91 Å². The number of carbonyl (C=O) groups excluding carboxylic acids is 7. The van der Waals surface area contributed by atoms with Crippen LogP contribution in [0.5, 0.6) is 11.5 Å². The van der Waals surface area contributed by atoms with Crippen molar-refractivity contribution in [2.45, 2.75) is 177 Å². The molecule has 0 radical (unpaired) electrons. The zero-order valence-corrected chi connectivity index (χ0v) is 44.5. The van der Waals surface area contributed by atoms with E-state index in [1.807, 2.05) is 0 Å². The van der Waals surface area contributed by atoms with E-state index in [-0.39, 0.29) is 30.0 Å². The molecule has 14 N–H and O–H groups in total. The number of aliphatic hydroxyl groups excluding tert-OH is 8. The lowest BCUT2D eigenvalue weighted by Crippen LogP contribution is -2.64. The van der Waals surface area contributed by atoms with Crippen molar-refractivity contribution in [1.29, 1.82) is 0 Å². The van der Waals surface area contributed by atoms with Gasteiger partial charge in [-0.2, -0.15) is 0 Å². The first-order valence-electron chi connectivity index (χ1n) is 26.7. The Bertz CT molecular complexity index is 2310. The van der Waals surface area contributed by atoms with Gasteiger partial charge < -0.3 is 91.8 Å². The highest BCUT2D eigenvalue weighted by atomic mass is 16.5. The minimum Gasteiger partial charge on any atom is -0.508 e. The van der Waals surface area contributed by atoms with Crippen LogP contribution < -0.4 is 31.3 Å². The Kier molecular flexibility index (Phi) is 24.0. The fourth-order valence-electron chi connectivity index (χ4n) is 9.63. The number of nitrogens with zero attached hydrogens (tertiary/aromatic N) is 2. The Morgan fingerprint density at radius 2 is 1.24 bits per heavy atom. The summed E-state index contributed by atoms with van der Waals surface area (Å²) in [6, 6.07) is -1.21. The van der Waals surface area contributed by atoms with E-state index >= 15 is 0 Å². The summed E-state index contributed by atoms with van der Waals surface area (Å²) in [6.45, 7) is 6.01. The van der Waals surface area contributed by atoms with E-state index in [9.17, 15) is 79.5 Å². The monoisotopic (exact) mass is 1100 g/mol. The molecule has 434 valence electrons. The van der Waals surface area contributed by atoms with Gasteiger partial charge in [0, 0.05) is 44.0 Å². The zero-order valence-electron chi connectivity index (χ0n) is 44.5. The highest BCUT2D eigenvalue weighted by Gasteiger charge is 2.50. The summed E-state index contributed by atoms with van der Waals surface area (Å²) in [5.74, 6) is -9.08. The first kappa shape index (κ1) is 62.8. The van der Waals surface area contributed by atoms with Gasteiger partial charge in [-0.25, -0.2) is 0 Å². The van der Waals surface area contributed by atoms with E-state index in [2.05, 4.69) is 33.5 Å². The number of amides is 7. The SMILES string of the molecule is CCCCCCCCCCOCCOc1ccc(C(=O)N[C@H]2C[C@@H](O)[C@@H](O)NC(=O)[C@@H]3[C@@H](O)[C@@H](C)CN3C(=O)[C@H]([C@@H](C)O)NC(=O)[C@H]([C@H](O)[C@@H](O)c3ccc(O)cc3)NC(=O)[C@@H]3C[C@@H](O)CN3C(=O)[C@H]([C@@H](C)O)NC2=O)cc1. The normalized spacial score (nSPS) is 28.4. The zero-order chi connectivity index (χ0) is 57.4. The van der Waals surface area contributed by atoms with Gasteiger partial charge in [-0.3, -0.25) is 33.6 Å². The van der Waals surface area contributed by atoms with E-state index in [1.165, 1.54) is 75.4 Å². The lowest BCUT2D eigenvalue weighted by Gasteiger charge is -2.34. The molecular weight excluding hydrogens is 1020 g/mol. The third-order valence-electron chi connectivity index (χ3n) is 14.2. The largest absolute Gasteiger partial charge is 0.508 e. The average Bonchev–Trinajstić information content (AvgIpc) is 3.96. The quantitative estimate of drug-likeness (QED) is 0.0621. The van der Waals surface area contributed by atoms with Crippen LogP contribution >= 0.6 is 0 Å². The number of unbranched alkanes of at least 4 members (excludes halogenated alkanes) is 7. The topological polar surface area (TPSA) is 387 Å². The minimum absolute atomic E-state index is 0.0218. The van der Waals surface area contributed by atoms with Gasteiger partial charge in [-0.1, -0.05) is 70.9 Å². The molecule has 25 heteroatoms. The molecule has 3 saturated heterocycles. The van der Waals surface area contributed by atoms with Crippen LogP contribution in [0.3, 0.4) is 0 Å². The predicted molar refractivity (Wildman–Crippen MR) is 276 cm³/mol. The Hall–Kier alpha value is -6.03.